The highest BCUT2D eigenvalue weighted by Crippen LogP contribution is 2.11. The van der Waals surface area contributed by atoms with Crippen LogP contribution in [0.2, 0.25) is 0 Å². The molecule has 0 aliphatic heterocycles. The van der Waals surface area contributed by atoms with E-state index < -0.39 is 0 Å². The molecule has 2 amide bonds. The minimum Gasteiger partial charge on any atom is -0.380 e. The summed E-state index contributed by atoms with van der Waals surface area (Å²) in [5.74, 6) is 0.402. The van der Waals surface area contributed by atoms with Gasteiger partial charge in [-0.2, -0.15) is 0 Å². The number of benzene rings is 1. The summed E-state index contributed by atoms with van der Waals surface area (Å²) in [5.41, 5.74) is 2.04. The lowest BCUT2D eigenvalue weighted by Gasteiger charge is -2.24. The summed E-state index contributed by atoms with van der Waals surface area (Å²) in [4.78, 5) is 16.2. The number of nitrogens with one attached hydrogen (secondary N) is 3. The molecule has 0 aliphatic rings. The molecule has 1 aromatic heterocycles. The van der Waals surface area contributed by atoms with Crippen LogP contribution in [0.15, 0.2) is 54.7 Å². The second kappa shape index (κ2) is 9.55. The van der Waals surface area contributed by atoms with Crippen molar-refractivity contribution in [2.24, 2.45) is 5.92 Å². The van der Waals surface area contributed by atoms with Gasteiger partial charge in [0.1, 0.15) is 0 Å². The second-order valence-corrected chi connectivity index (χ2v) is 6.07. The Bertz CT molecular complexity index is 601. The van der Waals surface area contributed by atoms with Crippen molar-refractivity contribution in [3.8, 4) is 0 Å². The first kappa shape index (κ1) is 17.8. The summed E-state index contributed by atoms with van der Waals surface area (Å²) in [5, 5.41) is 9.27. The first-order valence-electron chi connectivity index (χ1n) is 8.38. The number of nitrogens with zero attached hydrogens (tertiary/aromatic N) is 1. The van der Waals surface area contributed by atoms with Gasteiger partial charge in [-0.25, -0.2) is 4.79 Å². The second-order valence-electron chi connectivity index (χ2n) is 6.07. The number of carbonyl (C=O) groups excluding carboxylic acids is 1. The maximum absolute atomic E-state index is 11.9. The van der Waals surface area contributed by atoms with Gasteiger partial charge in [-0.1, -0.05) is 38.1 Å². The number of aromatic nitrogens is 1. The fraction of sp³-hybridized carbons (Fsp3) is 0.368. The lowest BCUT2D eigenvalue weighted by atomic mass is 10.0. The van der Waals surface area contributed by atoms with Gasteiger partial charge in [0.25, 0.3) is 0 Å². The van der Waals surface area contributed by atoms with Gasteiger partial charge in [-0.05, 0) is 30.2 Å². The number of pyridine rings is 1. The van der Waals surface area contributed by atoms with E-state index in [2.05, 4.69) is 34.8 Å². The summed E-state index contributed by atoms with van der Waals surface area (Å²) in [6.07, 6.45) is 2.49. The van der Waals surface area contributed by atoms with Crippen molar-refractivity contribution >= 4 is 11.7 Å². The number of para-hydroxylation sites is 1. The van der Waals surface area contributed by atoms with Gasteiger partial charge in [0.15, 0.2) is 0 Å². The van der Waals surface area contributed by atoms with E-state index in [4.69, 9.17) is 0 Å². The van der Waals surface area contributed by atoms with E-state index in [9.17, 15) is 4.79 Å². The molecule has 1 atom stereocenters. The third kappa shape index (κ3) is 6.28. The maximum Gasteiger partial charge on any atom is 0.314 e. The zero-order chi connectivity index (χ0) is 17.2. The highest BCUT2D eigenvalue weighted by atomic mass is 16.2. The molecule has 0 fully saturated rings. The highest BCUT2D eigenvalue weighted by molar-refractivity contribution is 5.73. The van der Waals surface area contributed by atoms with Crippen molar-refractivity contribution in [3.63, 3.8) is 0 Å². The van der Waals surface area contributed by atoms with E-state index in [0.717, 1.165) is 17.8 Å². The molecule has 24 heavy (non-hydrogen) atoms. The van der Waals surface area contributed by atoms with Gasteiger partial charge < -0.3 is 16.0 Å². The third-order valence-electron chi connectivity index (χ3n) is 3.81. The number of anilines is 1. The average Bonchev–Trinajstić information content (AvgIpc) is 2.60. The molecule has 0 spiro atoms. The predicted octanol–water partition coefficient (Wildman–Crippen LogP) is 3.06. The van der Waals surface area contributed by atoms with Crippen LogP contribution in [-0.4, -0.2) is 30.1 Å². The minimum atomic E-state index is -0.147. The Balaban J connectivity index is 1.72. The zero-order valence-electron chi connectivity index (χ0n) is 14.3. The molecule has 0 bridgehead atoms. The average molecular weight is 326 g/mol. The van der Waals surface area contributed by atoms with Crippen molar-refractivity contribution in [2.45, 2.75) is 26.3 Å². The van der Waals surface area contributed by atoms with Crippen molar-refractivity contribution in [3.05, 3.63) is 60.4 Å². The van der Waals surface area contributed by atoms with E-state index in [0.29, 0.717) is 19.0 Å². The predicted molar refractivity (Wildman–Crippen MR) is 98.0 cm³/mol. The molecule has 2 aromatic rings. The molecule has 0 saturated heterocycles. The molecule has 2 rings (SSSR count). The Morgan fingerprint density at radius 1 is 1.04 bits per heavy atom. The third-order valence-corrected chi connectivity index (χ3v) is 3.81. The van der Waals surface area contributed by atoms with Crippen LogP contribution in [0.25, 0.3) is 0 Å². The van der Waals surface area contributed by atoms with Crippen molar-refractivity contribution in [1.29, 1.82) is 0 Å². The maximum atomic E-state index is 11.9. The Kier molecular flexibility index (Phi) is 7.08. The normalized spacial score (nSPS) is 11.8. The van der Waals surface area contributed by atoms with Crippen LogP contribution in [0.1, 0.15) is 19.5 Å². The largest absolute Gasteiger partial charge is 0.380 e. The topological polar surface area (TPSA) is 66.0 Å². The molecule has 128 valence electrons. The zero-order valence-corrected chi connectivity index (χ0v) is 14.3. The molecule has 0 aliphatic carbocycles. The first-order valence-corrected chi connectivity index (χ1v) is 8.38. The van der Waals surface area contributed by atoms with Crippen LogP contribution in [0, 0.1) is 5.92 Å². The van der Waals surface area contributed by atoms with E-state index in [1.165, 1.54) is 0 Å². The summed E-state index contributed by atoms with van der Waals surface area (Å²) in [7, 11) is 0. The fourth-order valence-electron chi connectivity index (χ4n) is 2.32. The number of hydrogen-bond donors (Lipinski definition) is 3. The quantitative estimate of drug-likeness (QED) is 0.698. The Morgan fingerprint density at radius 3 is 2.46 bits per heavy atom. The number of carbonyl (C=O) groups is 1. The molecule has 1 unspecified atom stereocenters. The van der Waals surface area contributed by atoms with Crippen LogP contribution < -0.4 is 16.0 Å². The minimum absolute atomic E-state index is 0.147. The van der Waals surface area contributed by atoms with Crippen molar-refractivity contribution in [1.82, 2.24) is 15.6 Å². The Labute approximate surface area is 143 Å². The SMILES string of the molecule is CC(C)C(CNC(=O)NCCc1ccccn1)Nc1ccccc1. The molecule has 0 radical (unpaired) electrons. The molecular formula is C19H26N4O. The van der Waals surface area contributed by atoms with Gasteiger partial charge in [0, 0.05) is 43.1 Å². The summed E-state index contributed by atoms with van der Waals surface area (Å²) >= 11 is 0. The smallest absolute Gasteiger partial charge is 0.314 e. The Hall–Kier alpha value is -2.56. The highest BCUT2D eigenvalue weighted by Gasteiger charge is 2.14. The van der Waals surface area contributed by atoms with Gasteiger partial charge in [-0.3, -0.25) is 4.98 Å². The van der Waals surface area contributed by atoms with E-state index >= 15 is 0 Å². The molecule has 1 aromatic carbocycles. The van der Waals surface area contributed by atoms with E-state index in [1.54, 1.807) is 6.20 Å². The molecule has 5 nitrogen and oxygen atoms in total. The van der Waals surface area contributed by atoms with E-state index in [-0.39, 0.29) is 12.1 Å². The van der Waals surface area contributed by atoms with Crippen molar-refractivity contribution < 1.29 is 4.79 Å². The van der Waals surface area contributed by atoms with Crippen molar-refractivity contribution in [2.75, 3.05) is 18.4 Å². The molecule has 5 heteroatoms. The molecule has 0 saturated carbocycles. The number of urea groups is 1. The molecular weight excluding hydrogens is 300 g/mol. The standard InChI is InChI=1S/C19H26N4O/c1-15(2)18(23-17-9-4-3-5-10-17)14-22-19(24)21-13-11-16-8-6-7-12-20-16/h3-10,12,15,18,23H,11,13-14H2,1-2H3,(H2,21,22,24). The van der Waals surface area contributed by atoms with Gasteiger partial charge in [-0.15, -0.1) is 0 Å². The number of rotatable bonds is 8. The number of hydrogen-bond acceptors (Lipinski definition) is 3. The lowest BCUT2D eigenvalue weighted by Crippen LogP contribution is -2.44. The molecule has 1 heterocycles. The summed E-state index contributed by atoms with van der Waals surface area (Å²) in [6.45, 7) is 5.42. The fourth-order valence-corrected chi connectivity index (χ4v) is 2.32. The lowest BCUT2D eigenvalue weighted by molar-refractivity contribution is 0.240. The number of amides is 2. The monoisotopic (exact) mass is 326 g/mol. The van der Waals surface area contributed by atoms with Crippen LogP contribution in [0.5, 0.6) is 0 Å². The Morgan fingerprint density at radius 2 is 1.79 bits per heavy atom. The van der Waals surface area contributed by atoms with Crippen LogP contribution in [0.4, 0.5) is 10.5 Å². The summed E-state index contributed by atoms with van der Waals surface area (Å²) < 4.78 is 0. The van der Waals surface area contributed by atoms with Crippen LogP contribution >= 0.6 is 0 Å². The van der Waals surface area contributed by atoms with Gasteiger partial charge in [0.05, 0.1) is 0 Å². The molecule has 3 N–H and O–H groups in total. The first-order chi connectivity index (χ1) is 11.6. The van der Waals surface area contributed by atoms with Gasteiger partial charge >= 0.3 is 6.03 Å². The van der Waals surface area contributed by atoms with Crippen LogP contribution in [-0.2, 0) is 6.42 Å². The van der Waals surface area contributed by atoms with Gasteiger partial charge in [0.2, 0.25) is 0 Å². The summed E-state index contributed by atoms with van der Waals surface area (Å²) in [6, 6.07) is 15.9. The van der Waals surface area contributed by atoms with Crippen LogP contribution in [0.3, 0.4) is 0 Å². The van der Waals surface area contributed by atoms with E-state index in [1.807, 2.05) is 48.5 Å².